The topological polar surface area (TPSA) is 43.2 Å². The molecule has 2 aromatic rings. The van der Waals surface area contributed by atoms with E-state index in [0.29, 0.717) is 5.56 Å². The van der Waals surface area contributed by atoms with E-state index in [1.54, 1.807) is 0 Å². The molecule has 1 fully saturated rings. The lowest BCUT2D eigenvalue weighted by Gasteiger charge is -2.35. The Balaban J connectivity index is 0.00000243. The molecular formula is C21H25ClN4. The van der Waals surface area contributed by atoms with E-state index in [0.717, 1.165) is 49.8 Å². The van der Waals surface area contributed by atoms with Gasteiger partial charge in [0, 0.05) is 38.4 Å². The Bertz CT molecular complexity index is 788. The first-order valence-electron chi connectivity index (χ1n) is 8.74. The van der Waals surface area contributed by atoms with Crippen molar-refractivity contribution >= 4 is 24.3 Å². The van der Waals surface area contributed by atoms with Gasteiger partial charge in [0.05, 0.1) is 5.56 Å². The van der Waals surface area contributed by atoms with Gasteiger partial charge in [0.25, 0.3) is 0 Å². The molecule has 0 aliphatic carbocycles. The number of nitriles is 1. The smallest absolute Gasteiger partial charge is 0.147 e. The molecular weight excluding hydrogens is 344 g/mol. The van der Waals surface area contributed by atoms with Crippen molar-refractivity contribution in [1.82, 2.24) is 9.88 Å². The molecule has 0 bridgehead atoms. The maximum atomic E-state index is 9.46. The molecule has 1 aromatic heterocycles. The summed E-state index contributed by atoms with van der Waals surface area (Å²) in [5.41, 5.74) is 3.93. The highest BCUT2D eigenvalue weighted by molar-refractivity contribution is 5.85. The Morgan fingerprint density at radius 1 is 1.12 bits per heavy atom. The van der Waals surface area contributed by atoms with Crippen LogP contribution in [0.1, 0.15) is 22.4 Å². The summed E-state index contributed by atoms with van der Waals surface area (Å²) < 4.78 is 0. The van der Waals surface area contributed by atoms with Crippen molar-refractivity contribution in [1.29, 1.82) is 5.26 Å². The Kier molecular flexibility index (Phi) is 7.20. The molecule has 1 aliphatic heterocycles. The summed E-state index contributed by atoms with van der Waals surface area (Å²) in [6, 6.07) is 14.7. The standard InChI is InChI=1S/C21H24N4.ClH/c1-17-15-18(2)23-21(20(17)16-22)25-13-11-24(12-14-25)10-6-9-19-7-4-3-5-8-19;/h3-9,15H,10-14H2,1-2H3;1H/b9-6+;. The van der Waals surface area contributed by atoms with E-state index >= 15 is 0 Å². The summed E-state index contributed by atoms with van der Waals surface area (Å²) in [5.74, 6) is 0.847. The molecule has 1 saturated heterocycles. The second-order valence-electron chi connectivity index (χ2n) is 6.49. The second-order valence-corrected chi connectivity index (χ2v) is 6.49. The van der Waals surface area contributed by atoms with Gasteiger partial charge in [-0.25, -0.2) is 4.98 Å². The molecule has 0 saturated carbocycles. The fourth-order valence-electron chi connectivity index (χ4n) is 3.23. The average molecular weight is 369 g/mol. The van der Waals surface area contributed by atoms with Gasteiger partial charge >= 0.3 is 0 Å². The van der Waals surface area contributed by atoms with Gasteiger partial charge in [-0.2, -0.15) is 5.26 Å². The van der Waals surface area contributed by atoms with Gasteiger partial charge in [-0.05, 0) is 31.0 Å². The Hall–Kier alpha value is -2.35. The second kappa shape index (κ2) is 9.38. The van der Waals surface area contributed by atoms with Gasteiger partial charge in [0.2, 0.25) is 0 Å². The number of hydrogen-bond acceptors (Lipinski definition) is 4. The number of rotatable bonds is 4. The minimum absolute atomic E-state index is 0. The van der Waals surface area contributed by atoms with Crippen LogP contribution in [-0.2, 0) is 0 Å². The van der Waals surface area contributed by atoms with Gasteiger partial charge < -0.3 is 4.90 Å². The largest absolute Gasteiger partial charge is 0.353 e. The van der Waals surface area contributed by atoms with E-state index in [-0.39, 0.29) is 12.4 Å². The van der Waals surface area contributed by atoms with Gasteiger partial charge in [0.15, 0.2) is 0 Å². The highest BCUT2D eigenvalue weighted by Gasteiger charge is 2.21. The molecule has 2 heterocycles. The SMILES string of the molecule is Cc1cc(C)c(C#N)c(N2CCN(C/C=C/c3ccccc3)CC2)n1.Cl. The van der Waals surface area contributed by atoms with Crippen molar-refractivity contribution in [2.24, 2.45) is 0 Å². The first-order chi connectivity index (χ1) is 12.2. The summed E-state index contributed by atoms with van der Waals surface area (Å²) in [6.45, 7) is 8.71. The van der Waals surface area contributed by atoms with Crippen molar-refractivity contribution < 1.29 is 0 Å². The fourth-order valence-corrected chi connectivity index (χ4v) is 3.23. The maximum Gasteiger partial charge on any atom is 0.147 e. The summed E-state index contributed by atoms with van der Waals surface area (Å²) >= 11 is 0. The monoisotopic (exact) mass is 368 g/mol. The van der Waals surface area contributed by atoms with Crippen LogP contribution in [0.2, 0.25) is 0 Å². The summed E-state index contributed by atoms with van der Waals surface area (Å²) in [7, 11) is 0. The number of nitrogens with zero attached hydrogens (tertiary/aromatic N) is 4. The zero-order chi connectivity index (χ0) is 17.6. The number of anilines is 1. The van der Waals surface area contributed by atoms with E-state index in [1.807, 2.05) is 26.0 Å². The lowest BCUT2D eigenvalue weighted by molar-refractivity contribution is 0.283. The molecule has 0 amide bonds. The van der Waals surface area contributed by atoms with Crippen LogP contribution in [-0.4, -0.2) is 42.6 Å². The number of halogens is 1. The molecule has 136 valence electrons. The summed E-state index contributed by atoms with van der Waals surface area (Å²) in [5, 5.41) is 9.46. The number of aryl methyl sites for hydroxylation is 2. The Morgan fingerprint density at radius 3 is 2.46 bits per heavy atom. The predicted molar refractivity (Wildman–Crippen MR) is 110 cm³/mol. The zero-order valence-corrected chi connectivity index (χ0v) is 16.2. The van der Waals surface area contributed by atoms with Gasteiger partial charge in [0.1, 0.15) is 11.9 Å². The van der Waals surface area contributed by atoms with Crippen LogP contribution in [0.5, 0.6) is 0 Å². The molecule has 1 aromatic carbocycles. The van der Waals surface area contributed by atoms with Crippen LogP contribution < -0.4 is 4.90 Å². The third kappa shape index (κ3) is 4.85. The predicted octanol–water partition coefficient (Wildman–Crippen LogP) is 3.83. The van der Waals surface area contributed by atoms with E-state index in [1.165, 1.54) is 5.56 Å². The molecule has 1 aliphatic rings. The minimum Gasteiger partial charge on any atom is -0.353 e. The third-order valence-electron chi connectivity index (χ3n) is 4.58. The van der Waals surface area contributed by atoms with E-state index in [2.05, 4.69) is 57.3 Å². The molecule has 0 radical (unpaired) electrons. The molecule has 0 unspecified atom stereocenters. The average Bonchev–Trinajstić information content (AvgIpc) is 2.63. The normalized spacial score (nSPS) is 14.9. The molecule has 5 heteroatoms. The van der Waals surface area contributed by atoms with Gasteiger partial charge in [-0.15, -0.1) is 12.4 Å². The van der Waals surface area contributed by atoms with Crippen molar-refractivity contribution in [2.45, 2.75) is 13.8 Å². The van der Waals surface area contributed by atoms with Crippen molar-refractivity contribution in [2.75, 3.05) is 37.6 Å². The molecule has 0 spiro atoms. The number of aromatic nitrogens is 1. The number of piperazine rings is 1. The van der Waals surface area contributed by atoms with Crippen LogP contribution in [0.3, 0.4) is 0 Å². The van der Waals surface area contributed by atoms with E-state index < -0.39 is 0 Å². The molecule has 3 rings (SSSR count). The molecule has 0 N–H and O–H groups in total. The molecule has 4 nitrogen and oxygen atoms in total. The summed E-state index contributed by atoms with van der Waals surface area (Å²) in [6.07, 6.45) is 4.40. The highest BCUT2D eigenvalue weighted by Crippen LogP contribution is 2.23. The van der Waals surface area contributed by atoms with Crippen LogP contribution in [0, 0.1) is 25.2 Å². The van der Waals surface area contributed by atoms with Crippen LogP contribution in [0.4, 0.5) is 5.82 Å². The number of pyridine rings is 1. The lowest BCUT2D eigenvalue weighted by atomic mass is 10.1. The van der Waals surface area contributed by atoms with Crippen molar-refractivity contribution in [3.63, 3.8) is 0 Å². The van der Waals surface area contributed by atoms with Gasteiger partial charge in [-0.1, -0.05) is 42.5 Å². The quantitative estimate of drug-likeness (QED) is 0.822. The maximum absolute atomic E-state index is 9.46. The van der Waals surface area contributed by atoms with Crippen LogP contribution in [0.15, 0.2) is 42.5 Å². The number of hydrogen-bond donors (Lipinski definition) is 0. The first-order valence-corrected chi connectivity index (χ1v) is 8.74. The minimum atomic E-state index is 0. The fraction of sp³-hybridized carbons (Fsp3) is 0.333. The number of benzene rings is 1. The highest BCUT2D eigenvalue weighted by atomic mass is 35.5. The molecule has 26 heavy (non-hydrogen) atoms. The zero-order valence-electron chi connectivity index (χ0n) is 15.4. The first kappa shape index (κ1) is 20.0. The van der Waals surface area contributed by atoms with E-state index in [9.17, 15) is 5.26 Å². The lowest BCUT2D eigenvalue weighted by Crippen LogP contribution is -2.47. The third-order valence-corrected chi connectivity index (χ3v) is 4.58. The van der Waals surface area contributed by atoms with Crippen LogP contribution in [0.25, 0.3) is 6.08 Å². The Morgan fingerprint density at radius 2 is 1.81 bits per heavy atom. The summed E-state index contributed by atoms with van der Waals surface area (Å²) in [4.78, 5) is 9.31. The Labute approximate surface area is 162 Å². The van der Waals surface area contributed by atoms with E-state index in [4.69, 9.17) is 0 Å². The van der Waals surface area contributed by atoms with Gasteiger partial charge in [-0.3, -0.25) is 4.90 Å². The van der Waals surface area contributed by atoms with Crippen LogP contribution >= 0.6 is 12.4 Å². The van der Waals surface area contributed by atoms with Crippen molar-refractivity contribution in [3.8, 4) is 6.07 Å². The van der Waals surface area contributed by atoms with Crippen molar-refractivity contribution in [3.05, 3.63) is 64.9 Å². The molecule has 0 atom stereocenters.